The summed E-state index contributed by atoms with van der Waals surface area (Å²) in [6, 6.07) is 6.38. The number of aromatic amines is 2. The van der Waals surface area contributed by atoms with E-state index in [0.29, 0.717) is 44.4 Å². The van der Waals surface area contributed by atoms with Crippen molar-refractivity contribution in [3.8, 4) is 5.82 Å². The maximum atomic E-state index is 13.4. The van der Waals surface area contributed by atoms with Crippen molar-refractivity contribution in [2.24, 2.45) is 0 Å². The van der Waals surface area contributed by atoms with Gasteiger partial charge in [0, 0.05) is 6.07 Å². The molecular weight excluding hydrogens is 408 g/mol. The molecule has 1 atom stereocenters. The van der Waals surface area contributed by atoms with Crippen molar-refractivity contribution in [1.82, 2.24) is 39.9 Å². The quantitative estimate of drug-likeness (QED) is 0.343. The number of hydrogen-bond acceptors (Lipinski definition) is 8. The predicted molar refractivity (Wildman–Crippen MR) is 113 cm³/mol. The summed E-state index contributed by atoms with van der Waals surface area (Å²) in [5, 5.41) is 18.1. The zero-order valence-corrected chi connectivity index (χ0v) is 16.3. The van der Waals surface area contributed by atoms with Gasteiger partial charge in [0.15, 0.2) is 5.65 Å². The van der Waals surface area contributed by atoms with Crippen LogP contribution in [-0.2, 0) is 0 Å². The van der Waals surface area contributed by atoms with Gasteiger partial charge >= 0.3 is 0 Å². The van der Waals surface area contributed by atoms with E-state index in [-0.39, 0.29) is 11.5 Å². The van der Waals surface area contributed by atoms with Gasteiger partial charge in [-0.3, -0.25) is 15.0 Å². The second-order valence-corrected chi connectivity index (χ2v) is 7.02. The van der Waals surface area contributed by atoms with Crippen molar-refractivity contribution in [3.05, 3.63) is 57.9 Å². The van der Waals surface area contributed by atoms with E-state index in [9.17, 15) is 4.79 Å². The molecule has 0 spiro atoms. The number of nitrogens with one attached hydrogen (secondary N) is 3. The Balaban J connectivity index is 1.70. The zero-order valence-electron chi connectivity index (χ0n) is 15.6. The van der Waals surface area contributed by atoms with Crippen LogP contribution in [0.2, 0.25) is 5.02 Å². The molecular formula is C18H15ClN10O. The van der Waals surface area contributed by atoms with E-state index in [2.05, 4.69) is 35.7 Å². The van der Waals surface area contributed by atoms with Crippen LogP contribution in [0, 0.1) is 0 Å². The van der Waals surface area contributed by atoms with Gasteiger partial charge in [0.2, 0.25) is 5.95 Å². The molecule has 0 aliphatic rings. The highest BCUT2D eigenvalue weighted by atomic mass is 35.5. The molecule has 0 saturated carbocycles. The Kier molecular flexibility index (Phi) is 4.10. The highest BCUT2D eigenvalue weighted by Gasteiger charge is 2.21. The molecule has 12 heteroatoms. The van der Waals surface area contributed by atoms with Crippen molar-refractivity contribution in [2.75, 3.05) is 11.1 Å². The van der Waals surface area contributed by atoms with Crippen molar-refractivity contribution in [3.63, 3.8) is 0 Å². The lowest BCUT2D eigenvalue weighted by Crippen LogP contribution is -2.28. The van der Waals surface area contributed by atoms with E-state index in [1.54, 1.807) is 36.7 Å². The summed E-state index contributed by atoms with van der Waals surface area (Å²) >= 11 is 6.29. The topological polar surface area (TPSA) is 156 Å². The Morgan fingerprint density at radius 2 is 2.03 bits per heavy atom. The van der Waals surface area contributed by atoms with E-state index < -0.39 is 6.04 Å². The predicted octanol–water partition coefficient (Wildman–Crippen LogP) is 2.18. The second kappa shape index (κ2) is 6.81. The van der Waals surface area contributed by atoms with Crippen LogP contribution in [0.4, 0.5) is 11.8 Å². The number of halogens is 1. The fourth-order valence-corrected chi connectivity index (χ4v) is 3.59. The zero-order chi connectivity index (χ0) is 20.8. The first-order valence-electron chi connectivity index (χ1n) is 8.97. The van der Waals surface area contributed by atoms with Gasteiger partial charge in [-0.1, -0.05) is 17.7 Å². The normalized spacial score (nSPS) is 12.5. The van der Waals surface area contributed by atoms with E-state index in [1.165, 1.54) is 4.57 Å². The van der Waals surface area contributed by atoms with Crippen molar-refractivity contribution < 1.29 is 0 Å². The van der Waals surface area contributed by atoms with Crippen LogP contribution in [-0.4, -0.2) is 39.9 Å². The largest absolute Gasteiger partial charge is 0.368 e. The number of fused-ring (bicyclic) bond motifs is 2. The van der Waals surface area contributed by atoms with Crippen molar-refractivity contribution in [2.45, 2.75) is 13.0 Å². The second-order valence-electron chi connectivity index (χ2n) is 6.62. The number of hydrogen-bond donors (Lipinski definition) is 4. The fourth-order valence-electron chi connectivity index (χ4n) is 3.34. The number of aromatic nitrogens is 8. The molecule has 0 aliphatic carbocycles. The Labute approximate surface area is 173 Å². The number of H-pyrrole nitrogens is 2. The van der Waals surface area contributed by atoms with Gasteiger partial charge in [0.1, 0.15) is 17.5 Å². The van der Waals surface area contributed by atoms with Crippen LogP contribution in [0.25, 0.3) is 27.8 Å². The molecule has 0 fully saturated rings. The first-order valence-corrected chi connectivity index (χ1v) is 9.35. The van der Waals surface area contributed by atoms with Gasteiger partial charge in [-0.25, -0.2) is 9.55 Å². The molecule has 5 rings (SSSR count). The third-order valence-electron chi connectivity index (χ3n) is 4.67. The molecule has 30 heavy (non-hydrogen) atoms. The minimum atomic E-state index is -0.447. The maximum Gasteiger partial charge on any atom is 0.268 e. The number of nitrogens with zero attached hydrogens (tertiary/aromatic N) is 6. The van der Waals surface area contributed by atoms with E-state index in [4.69, 9.17) is 22.3 Å². The molecule has 0 amide bonds. The third kappa shape index (κ3) is 2.83. The van der Waals surface area contributed by atoms with Crippen LogP contribution in [0.15, 0.2) is 41.5 Å². The Hall–Kier alpha value is -3.99. The molecule has 1 aromatic carbocycles. The molecule has 4 aromatic heterocycles. The molecule has 150 valence electrons. The molecule has 5 N–H and O–H groups in total. The lowest BCUT2D eigenvalue weighted by atomic mass is 10.2. The summed E-state index contributed by atoms with van der Waals surface area (Å²) in [5.41, 5.74) is 6.49. The van der Waals surface area contributed by atoms with Crippen LogP contribution in [0.3, 0.4) is 0 Å². The summed E-state index contributed by atoms with van der Waals surface area (Å²) in [4.78, 5) is 26.4. The first-order chi connectivity index (χ1) is 14.5. The summed E-state index contributed by atoms with van der Waals surface area (Å²) in [6.45, 7) is 1.86. The highest BCUT2D eigenvalue weighted by molar-refractivity contribution is 6.35. The summed E-state index contributed by atoms with van der Waals surface area (Å²) in [6.07, 6.45) is 3.15. The Bertz CT molecular complexity index is 1440. The monoisotopic (exact) mass is 422 g/mol. The average Bonchev–Trinajstić information content (AvgIpc) is 3.39. The number of rotatable bonds is 4. The van der Waals surface area contributed by atoms with Crippen LogP contribution < -0.4 is 16.6 Å². The molecule has 11 nitrogen and oxygen atoms in total. The van der Waals surface area contributed by atoms with E-state index >= 15 is 0 Å². The number of anilines is 2. The maximum absolute atomic E-state index is 13.4. The fraction of sp³-hybridized carbons (Fsp3) is 0.111. The van der Waals surface area contributed by atoms with Crippen molar-refractivity contribution in [1.29, 1.82) is 0 Å². The van der Waals surface area contributed by atoms with E-state index in [1.807, 2.05) is 6.92 Å². The van der Waals surface area contributed by atoms with Crippen molar-refractivity contribution >= 4 is 45.3 Å². The molecule has 5 aromatic rings. The molecule has 4 heterocycles. The SMILES string of the molecule is CC(Nc1nc(N)nc2[nH]ncc12)c1nc2cccc(Cl)c2c(=O)n1-c1ccn[nH]1. The van der Waals surface area contributed by atoms with Crippen LogP contribution in [0.5, 0.6) is 0 Å². The smallest absolute Gasteiger partial charge is 0.268 e. The minimum Gasteiger partial charge on any atom is -0.368 e. The Morgan fingerprint density at radius 3 is 2.83 bits per heavy atom. The van der Waals surface area contributed by atoms with E-state index in [0.717, 1.165) is 0 Å². The standard InChI is InChI=1S/C18H15ClN10O/c1-8(23-14-9-7-22-28-15(9)26-18(20)25-14)16-24-11-4-2-3-10(19)13(11)17(30)29(16)12-5-6-21-27-12/h2-8H,1H3,(H,21,27)(H4,20,22,23,25,26,28). The van der Waals surface area contributed by atoms with Gasteiger partial charge in [0.25, 0.3) is 5.56 Å². The molecule has 0 bridgehead atoms. The molecule has 0 radical (unpaired) electrons. The molecule has 0 aliphatic heterocycles. The van der Waals surface area contributed by atoms with Crippen LogP contribution in [0.1, 0.15) is 18.8 Å². The lowest BCUT2D eigenvalue weighted by Gasteiger charge is -2.19. The number of benzene rings is 1. The minimum absolute atomic E-state index is 0.0886. The Morgan fingerprint density at radius 1 is 1.17 bits per heavy atom. The average molecular weight is 423 g/mol. The lowest BCUT2D eigenvalue weighted by molar-refractivity contribution is 0.720. The van der Waals surface area contributed by atoms with Crippen LogP contribution >= 0.6 is 11.6 Å². The van der Waals surface area contributed by atoms with Gasteiger partial charge < -0.3 is 11.1 Å². The third-order valence-corrected chi connectivity index (χ3v) is 4.98. The summed E-state index contributed by atoms with van der Waals surface area (Å²) < 4.78 is 1.44. The number of nitrogen functional groups attached to an aromatic ring is 1. The molecule has 0 saturated heterocycles. The first kappa shape index (κ1) is 18.1. The summed E-state index contributed by atoms with van der Waals surface area (Å²) in [7, 11) is 0. The van der Waals surface area contributed by atoms with Gasteiger partial charge in [-0.15, -0.1) is 0 Å². The molecule has 1 unspecified atom stereocenters. The number of nitrogens with two attached hydrogens (primary N) is 1. The van der Waals surface area contributed by atoms with Gasteiger partial charge in [-0.05, 0) is 19.1 Å². The summed E-state index contributed by atoms with van der Waals surface area (Å²) in [5.74, 6) is 1.46. The highest BCUT2D eigenvalue weighted by Crippen LogP contribution is 2.26. The van der Waals surface area contributed by atoms with Gasteiger partial charge in [0.05, 0.1) is 39.7 Å². The van der Waals surface area contributed by atoms with Gasteiger partial charge in [-0.2, -0.15) is 20.2 Å².